The van der Waals surface area contributed by atoms with Crippen molar-refractivity contribution in [1.82, 2.24) is 0 Å². The molecule has 3 fully saturated rings. The third kappa shape index (κ3) is 11.6. The second-order valence-corrected chi connectivity index (χ2v) is 20.3. The van der Waals surface area contributed by atoms with E-state index in [1.165, 1.54) is 70.6 Å². The highest BCUT2D eigenvalue weighted by atomic mass is 16.5. The van der Waals surface area contributed by atoms with Gasteiger partial charge < -0.3 is 14.2 Å². The molecule has 2 aromatic carbocycles. The monoisotopic (exact) mass is 809 g/mol. The molecular formula is C54H80O5. The third-order valence-corrected chi connectivity index (χ3v) is 15.9. The number of hydrogen-bond donors (Lipinski definition) is 0. The number of hydrogen-bond acceptors (Lipinski definition) is 5. The maximum Gasteiger partial charge on any atom is 0.338 e. The molecule has 326 valence electrons. The smallest absolute Gasteiger partial charge is 0.338 e. The number of allylic oxidation sites excluding steroid dienone is 1. The van der Waals surface area contributed by atoms with Crippen LogP contribution in [-0.4, -0.2) is 31.3 Å². The highest BCUT2D eigenvalue weighted by Crippen LogP contribution is 2.67. The van der Waals surface area contributed by atoms with Gasteiger partial charge in [-0.2, -0.15) is 0 Å². The second-order valence-electron chi connectivity index (χ2n) is 20.3. The second kappa shape index (κ2) is 21.6. The molecule has 0 saturated heterocycles. The maximum absolute atomic E-state index is 13.0. The fraction of sp³-hybridized carbons (Fsp3) is 0.704. The summed E-state index contributed by atoms with van der Waals surface area (Å²) in [5.41, 5.74) is 5.16. The zero-order chi connectivity index (χ0) is 41.8. The molecule has 0 radical (unpaired) electrons. The summed E-state index contributed by atoms with van der Waals surface area (Å²) in [5, 5.41) is 0. The van der Waals surface area contributed by atoms with E-state index in [2.05, 4.69) is 59.8 Å². The zero-order valence-electron chi connectivity index (χ0n) is 38.0. The van der Waals surface area contributed by atoms with Gasteiger partial charge in [0.15, 0.2) is 0 Å². The van der Waals surface area contributed by atoms with E-state index in [1.54, 1.807) is 5.57 Å². The van der Waals surface area contributed by atoms with Crippen molar-refractivity contribution in [3.05, 3.63) is 65.7 Å². The van der Waals surface area contributed by atoms with Crippen LogP contribution >= 0.6 is 0 Å². The van der Waals surface area contributed by atoms with E-state index in [-0.39, 0.29) is 18.0 Å². The van der Waals surface area contributed by atoms with Gasteiger partial charge in [0.05, 0.1) is 18.8 Å². The molecule has 5 nitrogen and oxygen atoms in total. The molecule has 0 amide bonds. The molecule has 4 aliphatic rings. The van der Waals surface area contributed by atoms with E-state index >= 15 is 0 Å². The summed E-state index contributed by atoms with van der Waals surface area (Å²) in [6.45, 7) is 15.9. The van der Waals surface area contributed by atoms with Crippen molar-refractivity contribution in [2.45, 2.75) is 182 Å². The summed E-state index contributed by atoms with van der Waals surface area (Å²) in [6, 6.07) is 15.8. The van der Waals surface area contributed by atoms with Crippen LogP contribution in [0.15, 0.2) is 60.2 Å². The van der Waals surface area contributed by atoms with Crippen molar-refractivity contribution in [3.63, 3.8) is 0 Å². The molecule has 6 rings (SSSR count). The summed E-state index contributed by atoms with van der Waals surface area (Å²) < 4.78 is 17.6. The van der Waals surface area contributed by atoms with Crippen LogP contribution in [0, 0.1) is 46.3 Å². The fourth-order valence-corrected chi connectivity index (χ4v) is 12.4. The Morgan fingerprint density at radius 1 is 0.729 bits per heavy atom. The van der Waals surface area contributed by atoms with E-state index < -0.39 is 0 Å². The highest BCUT2D eigenvalue weighted by molar-refractivity contribution is 5.90. The van der Waals surface area contributed by atoms with E-state index in [9.17, 15) is 9.59 Å². The van der Waals surface area contributed by atoms with Crippen molar-refractivity contribution in [1.29, 1.82) is 0 Å². The van der Waals surface area contributed by atoms with Crippen LogP contribution in [0.2, 0.25) is 0 Å². The molecule has 5 heteroatoms. The molecule has 8 atom stereocenters. The van der Waals surface area contributed by atoms with Gasteiger partial charge in [-0.3, -0.25) is 4.79 Å². The Morgan fingerprint density at radius 2 is 1.42 bits per heavy atom. The van der Waals surface area contributed by atoms with Gasteiger partial charge in [-0.05, 0) is 146 Å². The van der Waals surface area contributed by atoms with E-state index in [0.717, 1.165) is 110 Å². The number of fused-ring (bicyclic) bond motifs is 5. The lowest BCUT2D eigenvalue weighted by atomic mass is 9.47. The minimum absolute atomic E-state index is 0.000714. The molecule has 3 saturated carbocycles. The number of carbonyl (C=O) groups excluding carboxylic acids is 2. The van der Waals surface area contributed by atoms with Crippen LogP contribution in [0.5, 0.6) is 5.75 Å². The van der Waals surface area contributed by atoms with E-state index in [1.807, 2.05) is 36.4 Å². The van der Waals surface area contributed by atoms with Gasteiger partial charge in [-0.1, -0.05) is 135 Å². The number of carbonyl (C=O) groups is 2. The largest absolute Gasteiger partial charge is 0.494 e. The topological polar surface area (TPSA) is 61.8 Å². The lowest BCUT2D eigenvalue weighted by molar-refractivity contribution is -0.151. The molecule has 0 aliphatic heterocycles. The Hall–Kier alpha value is -3.08. The van der Waals surface area contributed by atoms with E-state index in [0.29, 0.717) is 36.0 Å². The number of unbranched alkanes of at least 4 members (excludes halogenated alkanes) is 7. The van der Waals surface area contributed by atoms with Crippen LogP contribution < -0.4 is 4.74 Å². The normalized spacial score (nSPS) is 27.9. The van der Waals surface area contributed by atoms with Gasteiger partial charge in [0.2, 0.25) is 0 Å². The molecule has 0 aromatic heterocycles. The number of esters is 2. The first kappa shape index (κ1) is 45.4. The molecule has 0 heterocycles. The molecule has 0 spiro atoms. The number of ether oxygens (including phenoxy) is 3. The molecular weight excluding hydrogens is 729 g/mol. The highest BCUT2D eigenvalue weighted by Gasteiger charge is 2.59. The third-order valence-electron chi connectivity index (χ3n) is 15.9. The van der Waals surface area contributed by atoms with Crippen LogP contribution in [0.4, 0.5) is 0 Å². The van der Waals surface area contributed by atoms with Crippen molar-refractivity contribution in [2.24, 2.45) is 46.3 Å². The molecule has 0 N–H and O–H groups in total. The van der Waals surface area contributed by atoms with Crippen LogP contribution in [0.1, 0.15) is 187 Å². The van der Waals surface area contributed by atoms with Crippen LogP contribution in [-0.2, 0) is 14.3 Å². The van der Waals surface area contributed by atoms with Crippen molar-refractivity contribution in [2.75, 3.05) is 13.2 Å². The molecule has 0 bridgehead atoms. The Labute approximate surface area is 359 Å². The summed E-state index contributed by atoms with van der Waals surface area (Å²) in [4.78, 5) is 25.3. The summed E-state index contributed by atoms with van der Waals surface area (Å²) in [7, 11) is 0. The average molecular weight is 809 g/mol. The lowest BCUT2D eigenvalue weighted by Crippen LogP contribution is -2.51. The van der Waals surface area contributed by atoms with Crippen molar-refractivity contribution < 1.29 is 23.8 Å². The summed E-state index contributed by atoms with van der Waals surface area (Å²) in [5.74, 6) is 5.72. The van der Waals surface area contributed by atoms with Crippen molar-refractivity contribution in [3.8, 4) is 16.9 Å². The predicted molar refractivity (Wildman–Crippen MR) is 242 cm³/mol. The zero-order valence-corrected chi connectivity index (χ0v) is 38.0. The van der Waals surface area contributed by atoms with Crippen LogP contribution in [0.25, 0.3) is 11.1 Å². The Kier molecular flexibility index (Phi) is 16.7. The van der Waals surface area contributed by atoms with Gasteiger partial charge in [0.25, 0.3) is 0 Å². The van der Waals surface area contributed by atoms with Gasteiger partial charge in [0, 0.05) is 12.8 Å². The first-order valence-corrected chi connectivity index (χ1v) is 24.4. The van der Waals surface area contributed by atoms with Crippen molar-refractivity contribution >= 4 is 11.9 Å². The fourth-order valence-electron chi connectivity index (χ4n) is 12.4. The number of benzene rings is 2. The van der Waals surface area contributed by atoms with E-state index in [4.69, 9.17) is 14.2 Å². The molecule has 1 unspecified atom stereocenters. The lowest BCUT2D eigenvalue weighted by Gasteiger charge is -2.58. The predicted octanol–water partition coefficient (Wildman–Crippen LogP) is 14.8. The van der Waals surface area contributed by atoms with Crippen LogP contribution in [0.3, 0.4) is 0 Å². The average Bonchev–Trinajstić information content (AvgIpc) is 3.59. The molecule has 59 heavy (non-hydrogen) atoms. The maximum atomic E-state index is 13.0. The summed E-state index contributed by atoms with van der Waals surface area (Å²) >= 11 is 0. The Bertz CT molecular complexity index is 1640. The Morgan fingerprint density at radius 3 is 2.17 bits per heavy atom. The molecule has 2 aromatic rings. The van der Waals surface area contributed by atoms with Gasteiger partial charge in [-0.15, -0.1) is 0 Å². The van der Waals surface area contributed by atoms with Gasteiger partial charge >= 0.3 is 11.9 Å². The Balaban J connectivity index is 0.838. The number of rotatable bonds is 22. The van der Waals surface area contributed by atoms with Gasteiger partial charge in [-0.25, -0.2) is 4.79 Å². The summed E-state index contributed by atoms with van der Waals surface area (Å²) in [6.07, 6.45) is 27.0. The minimum Gasteiger partial charge on any atom is -0.494 e. The first-order valence-electron chi connectivity index (χ1n) is 24.4. The first-order chi connectivity index (χ1) is 28.5. The molecule has 4 aliphatic carbocycles. The SMILES string of the molecule is CCCCCCOC(=O)c1ccc(-c2ccc(OCCCCCCCC(=O)OC3CC[C@@]4(C)C(=CC[C@H]5[C@@H]6CC[C@H]([C@H](C)CCCC(C)C)[C@@]6(C)CC[C@@H]54)C3)cc2)cc1. The standard InChI is InChI=1S/C54H80O5/c1-7-8-9-14-37-58-52(56)43-22-20-41(21-23-43)42-24-27-45(28-25-42)57-36-15-12-10-11-13-19-51(55)59-46-32-34-53(5)44(38-46)26-29-47-49-31-30-48(40(4)18-16-17-39(2)3)54(49,6)35-33-50(47)53/h20-28,39-40,46-50H,7-19,29-38H2,1-6H3/t40-,46?,47+,48-,49+,50+,53+,54-/m1/s1. The van der Waals surface area contributed by atoms with Gasteiger partial charge in [0.1, 0.15) is 11.9 Å². The quantitative estimate of drug-likeness (QED) is 0.0673. The minimum atomic E-state index is -0.253.